The number of alkyl halides is 1. The number of allylic oxidation sites excluding steroid dienone is 7. The fourth-order valence-corrected chi connectivity index (χ4v) is 3.34. The van der Waals surface area contributed by atoms with Crippen LogP contribution < -0.4 is 5.32 Å². The molecular formula is C23H30ClFN4. The van der Waals surface area contributed by atoms with Gasteiger partial charge >= 0.3 is 0 Å². The van der Waals surface area contributed by atoms with Crippen molar-refractivity contribution in [1.82, 2.24) is 10.2 Å². The summed E-state index contributed by atoms with van der Waals surface area (Å²) in [5.41, 5.74) is 2.73. The average molecular weight is 417 g/mol. The summed E-state index contributed by atoms with van der Waals surface area (Å²) in [6.45, 7) is 10.7. The Balaban J connectivity index is 2.10. The van der Waals surface area contributed by atoms with E-state index in [9.17, 15) is 4.39 Å². The molecule has 1 aliphatic carbocycles. The Morgan fingerprint density at radius 1 is 1.34 bits per heavy atom. The smallest absolute Gasteiger partial charge is 0.148 e. The van der Waals surface area contributed by atoms with Gasteiger partial charge in [0.25, 0.3) is 0 Å². The normalized spacial score (nSPS) is 16.8. The van der Waals surface area contributed by atoms with Gasteiger partial charge in [-0.15, -0.1) is 21.8 Å². The minimum atomic E-state index is -0.296. The number of nitrogens with one attached hydrogen (secondary N) is 1. The molecule has 1 atom stereocenters. The van der Waals surface area contributed by atoms with Crippen molar-refractivity contribution < 1.29 is 4.39 Å². The second-order valence-corrected chi connectivity index (χ2v) is 8.47. The van der Waals surface area contributed by atoms with Crippen LogP contribution in [0.2, 0.25) is 0 Å². The predicted octanol–water partition coefficient (Wildman–Crippen LogP) is 6.49. The Hall–Kier alpha value is -2.27. The van der Waals surface area contributed by atoms with Gasteiger partial charge in [0.05, 0.1) is 11.1 Å². The molecule has 0 aliphatic heterocycles. The lowest BCUT2D eigenvalue weighted by molar-refractivity contribution is 0.546. The fourth-order valence-electron chi connectivity index (χ4n) is 2.99. The van der Waals surface area contributed by atoms with Gasteiger partial charge in [0.2, 0.25) is 0 Å². The molecule has 1 aromatic rings. The third kappa shape index (κ3) is 6.64. The summed E-state index contributed by atoms with van der Waals surface area (Å²) >= 11 is 6.36. The zero-order valence-electron chi connectivity index (χ0n) is 17.8. The number of aromatic nitrogens is 2. The Morgan fingerprint density at radius 2 is 2.10 bits per heavy atom. The number of halogens is 2. The summed E-state index contributed by atoms with van der Waals surface area (Å²) in [5, 5.41) is 11.5. The molecule has 4 nitrogen and oxygen atoms in total. The maximum absolute atomic E-state index is 14.3. The van der Waals surface area contributed by atoms with Crippen molar-refractivity contribution in [2.75, 3.05) is 11.9 Å². The largest absolute Gasteiger partial charge is 0.368 e. The summed E-state index contributed by atoms with van der Waals surface area (Å²) in [7, 11) is 0. The van der Waals surface area contributed by atoms with E-state index >= 15 is 0 Å². The van der Waals surface area contributed by atoms with Crippen molar-refractivity contribution in [2.45, 2.75) is 52.8 Å². The van der Waals surface area contributed by atoms with Crippen LogP contribution in [0.1, 0.15) is 53.2 Å². The van der Waals surface area contributed by atoms with Crippen LogP contribution in [0, 0.1) is 5.41 Å². The van der Waals surface area contributed by atoms with Gasteiger partial charge in [0.1, 0.15) is 11.6 Å². The Labute approximate surface area is 178 Å². The molecule has 156 valence electrons. The highest BCUT2D eigenvalue weighted by Crippen LogP contribution is 2.27. The van der Waals surface area contributed by atoms with Gasteiger partial charge in [0, 0.05) is 29.4 Å². The molecule has 0 spiro atoms. The molecule has 0 radical (unpaired) electrons. The first kappa shape index (κ1) is 23.0. The summed E-state index contributed by atoms with van der Waals surface area (Å²) in [5.74, 6) is 0.329. The average Bonchev–Trinajstić information content (AvgIpc) is 2.85. The van der Waals surface area contributed by atoms with E-state index in [1.807, 2.05) is 38.3 Å². The molecular weight excluding hydrogens is 387 g/mol. The molecule has 2 rings (SSSR count). The SMILES string of the molecule is CC/C=C\N=C(/C(C)Cl)C(C)(C)CNc1ccc(C2=CCC(C)=CC=C2F)nn1. The second-order valence-electron chi connectivity index (χ2n) is 7.81. The van der Waals surface area contributed by atoms with Crippen molar-refractivity contribution in [3.05, 3.63) is 59.7 Å². The first-order valence-electron chi connectivity index (χ1n) is 9.93. The van der Waals surface area contributed by atoms with Crippen molar-refractivity contribution in [3.8, 4) is 0 Å². The van der Waals surface area contributed by atoms with Crippen molar-refractivity contribution in [2.24, 2.45) is 10.4 Å². The highest BCUT2D eigenvalue weighted by Gasteiger charge is 2.28. The zero-order valence-corrected chi connectivity index (χ0v) is 18.6. The Bertz CT molecular complexity index is 846. The summed E-state index contributed by atoms with van der Waals surface area (Å²) < 4.78 is 14.3. The molecule has 29 heavy (non-hydrogen) atoms. The first-order valence-corrected chi connectivity index (χ1v) is 10.4. The lowest BCUT2D eigenvalue weighted by atomic mass is 9.85. The predicted molar refractivity (Wildman–Crippen MR) is 122 cm³/mol. The van der Waals surface area contributed by atoms with E-state index in [0.717, 1.165) is 17.7 Å². The summed E-state index contributed by atoms with van der Waals surface area (Å²) in [4.78, 5) is 4.56. The van der Waals surface area contributed by atoms with Gasteiger partial charge in [-0.1, -0.05) is 44.6 Å². The summed E-state index contributed by atoms with van der Waals surface area (Å²) in [6, 6.07) is 3.60. The van der Waals surface area contributed by atoms with Crippen LogP contribution in [0.5, 0.6) is 0 Å². The highest BCUT2D eigenvalue weighted by atomic mass is 35.5. The van der Waals surface area contributed by atoms with Gasteiger partial charge in [0.15, 0.2) is 0 Å². The number of anilines is 1. The second kappa shape index (κ2) is 10.5. The van der Waals surface area contributed by atoms with Crippen LogP contribution in [-0.4, -0.2) is 27.8 Å². The number of nitrogens with zero attached hydrogens (tertiary/aromatic N) is 3. The molecule has 0 saturated heterocycles. The van der Waals surface area contributed by atoms with Crippen LogP contribution in [0.4, 0.5) is 10.2 Å². The molecule has 6 heteroatoms. The lowest BCUT2D eigenvalue weighted by Crippen LogP contribution is -2.36. The minimum absolute atomic E-state index is 0.184. The third-order valence-electron chi connectivity index (χ3n) is 4.68. The molecule has 0 amide bonds. The van der Waals surface area contributed by atoms with E-state index in [4.69, 9.17) is 11.6 Å². The molecule has 1 heterocycles. The van der Waals surface area contributed by atoms with E-state index in [2.05, 4.69) is 41.3 Å². The Kier molecular flexibility index (Phi) is 8.32. The maximum Gasteiger partial charge on any atom is 0.148 e. The quantitative estimate of drug-likeness (QED) is 0.389. The standard InChI is InChI=1S/C23H30ClFN4/c1-6-7-14-26-22(17(3)24)23(4,5)15-27-21-13-12-20(28-29-21)18-10-8-16(2)9-11-19(18)25/h7,9-14,17H,6,8,15H2,1-5H3,(H,27,29)/b14-7-,26-22+. The molecule has 0 aromatic carbocycles. The molecule has 0 saturated carbocycles. The van der Waals surface area contributed by atoms with Gasteiger partial charge < -0.3 is 5.32 Å². The topological polar surface area (TPSA) is 50.2 Å². The number of rotatable bonds is 8. The van der Waals surface area contributed by atoms with Gasteiger partial charge in [-0.05, 0) is 44.9 Å². The zero-order chi connectivity index (χ0) is 21.4. The third-order valence-corrected chi connectivity index (χ3v) is 4.88. The van der Waals surface area contributed by atoms with E-state index in [-0.39, 0.29) is 16.6 Å². The molecule has 1 unspecified atom stereocenters. The first-order chi connectivity index (χ1) is 13.7. The van der Waals surface area contributed by atoms with E-state index in [1.54, 1.807) is 12.1 Å². The van der Waals surface area contributed by atoms with Crippen LogP contribution in [0.25, 0.3) is 5.57 Å². The van der Waals surface area contributed by atoms with E-state index in [0.29, 0.717) is 30.1 Å². The highest BCUT2D eigenvalue weighted by molar-refractivity contribution is 6.32. The van der Waals surface area contributed by atoms with Crippen molar-refractivity contribution >= 4 is 28.7 Å². The lowest BCUT2D eigenvalue weighted by Gasteiger charge is -2.28. The van der Waals surface area contributed by atoms with Gasteiger partial charge in [-0.2, -0.15) is 0 Å². The number of aliphatic imine (C=N–C) groups is 1. The van der Waals surface area contributed by atoms with Crippen molar-refractivity contribution in [3.63, 3.8) is 0 Å². The number of hydrogen-bond donors (Lipinski definition) is 1. The summed E-state index contributed by atoms with van der Waals surface area (Å²) in [6.07, 6.45) is 10.5. The number of hydrogen-bond acceptors (Lipinski definition) is 4. The van der Waals surface area contributed by atoms with Gasteiger partial charge in [-0.25, -0.2) is 4.39 Å². The monoisotopic (exact) mass is 416 g/mol. The Morgan fingerprint density at radius 3 is 2.72 bits per heavy atom. The van der Waals surface area contributed by atoms with Gasteiger partial charge in [-0.3, -0.25) is 4.99 Å². The minimum Gasteiger partial charge on any atom is -0.368 e. The molecule has 1 aromatic heterocycles. The van der Waals surface area contributed by atoms with Crippen LogP contribution in [0.3, 0.4) is 0 Å². The maximum atomic E-state index is 14.3. The molecule has 1 N–H and O–H groups in total. The van der Waals surface area contributed by atoms with E-state index in [1.165, 1.54) is 6.08 Å². The van der Waals surface area contributed by atoms with Crippen molar-refractivity contribution in [1.29, 1.82) is 0 Å². The fraction of sp³-hybridized carbons (Fsp3) is 0.435. The molecule has 1 aliphatic rings. The molecule has 0 bridgehead atoms. The molecule has 0 fully saturated rings. The van der Waals surface area contributed by atoms with Crippen LogP contribution in [0.15, 0.2) is 59.0 Å². The van der Waals surface area contributed by atoms with Crippen LogP contribution in [-0.2, 0) is 0 Å². The van der Waals surface area contributed by atoms with E-state index < -0.39 is 0 Å². The van der Waals surface area contributed by atoms with Crippen LogP contribution >= 0.6 is 11.6 Å².